The van der Waals surface area contributed by atoms with E-state index in [0.717, 1.165) is 0 Å². The molecule has 4 aromatic rings. The highest BCUT2D eigenvalue weighted by molar-refractivity contribution is 6.04. The van der Waals surface area contributed by atoms with Crippen LogP contribution in [0, 0.1) is 5.41 Å². The first-order valence-electron chi connectivity index (χ1n) is 12.8. The number of alkyl halides is 3. The predicted molar refractivity (Wildman–Crippen MR) is 147 cm³/mol. The number of carboxylic acid groups (broad SMARTS) is 1. The Bertz CT molecular complexity index is 1580. The number of aliphatic hydroxyl groups is 1. The molecular formula is C30H28F4N4O4. The van der Waals surface area contributed by atoms with Crippen LogP contribution < -0.4 is 10.4 Å². The molecule has 3 aromatic carbocycles. The minimum Gasteiger partial charge on any atom is -0.465 e. The van der Waals surface area contributed by atoms with E-state index in [0.29, 0.717) is 21.9 Å². The highest BCUT2D eigenvalue weighted by Gasteiger charge is 2.37. The number of aliphatic hydroxyl groups excluding tert-OH is 1. The average Bonchev–Trinajstić information content (AvgIpc) is 3.41. The van der Waals surface area contributed by atoms with Gasteiger partial charge in [0, 0.05) is 6.07 Å². The number of rotatable bonds is 7. The van der Waals surface area contributed by atoms with E-state index in [1.165, 1.54) is 42.5 Å². The average molecular weight is 585 g/mol. The van der Waals surface area contributed by atoms with E-state index < -0.39 is 47.1 Å². The Kier molecular flexibility index (Phi) is 8.39. The van der Waals surface area contributed by atoms with E-state index in [9.17, 15) is 33.0 Å². The third-order valence-corrected chi connectivity index (χ3v) is 6.51. The van der Waals surface area contributed by atoms with Gasteiger partial charge in [-0.3, -0.25) is 4.79 Å². The number of amides is 2. The molecule has 0 aliphatic heterocycles. The van der Waals surface area contributed by atoms with Gasteiger partial charge in [0.1, 0.15) is 11.8 Å². The smallest absolute Gasteiger partial charge is 0.435 e. The van der Waals surface area contributed by atoms with Crippen molar-refractivity contribution in [3.05, 3.63) is 113 Å². The summed E-state index contributed by atoms with van der Waals surface area (Å²) in [6.07, 6.45) is -7.39. The molecule has 2 amide bonds. The van der Waals surface area contributed by atoms with Gasteiger partial charge in [0.05, 0.1) is 17.4 Å². The number of benzene rings is 3. The maximum Gasteiger partial charge on any atom is 0.435 e. The molecule has 0 aliphatic carbocycles. The van der Waals surface area contributed by atoms with Crippen molar-refractivity contribution in [3.63, 3.8) is 0 Å². The van der Waals surface area contributed by atoms with Crippen LogP contribution in [0.25, 0.3) is 5.69 Å². The van der Waals surface area contributed by atoms with Crippen molar-refractivity contribution in [3.8, 4) is 5.69 Å². The molecule has 1 heterocycles. The summed E-state index contributed by atoms with van der Waals surface area (Å²) in [6, 6.07) is 19.4. The minimum absolute atomic E-state index is 0.0190. The van der Waals surface area contributed by atoms with Crippen LogP contribution in [0.15, 0.2) is 84.9 Å². The molecule has 2 atom stereocenters. The molecule has 220 valence electrons. The predicted octanol–water partition coefficient (Wildman–Crippen LogP) is 6.86. The third kappa shape index (κ3) is 6.60. The first kappa shape index (κ1) is 30.3. The minimum atomic E-state index is -4.95. The van der Waals surface area contributed by atoms with E-state index in [1.54, 1.807) is 57.2 Å². The lowest BCUT2D eigenvalue weighted by Crippen LogP contribution is -2.35. The van der Waals surface area contributed by atoms with Crippen LogP contribution in [0.3, 0.4) is 0 Å². The first-order valence-corrected chi connectivity index (χ1v) is 12.8. The van der Waals surface area contributed by atoms with Crippen LogP contribution in [0.4, 0.5) is 28.1 Å². The van der Waals surface area contributed by atoms with Crippen molar-refractivity contribution in [2.24, 2.45) is 5.41 Å². The van der Waals surface area contributed by atoms with Crippen LogP contribution in [-0.4, -0.2) is 32.0 Å². The van der Waals surface area contributed by atoms with Gasteiger partial charge in [0.25, 0.3) is 0 Å². The summed E-state index contributed by atoms with van der Waals surface area (Å²) < 4.78 is 57.3. The normalized spacial score (nSPS) is 13.3. The fourth-order valence-corrected chi connectivity index (χ4v) is 4.49. The summed E-state index contributed by atoms with van der Waals surface area (Å²) in [6.45, 7) is 5.32. The zero-order valence-corrected chi connectivity index (χ0v) is 22.8. The maximum atomic E-state index is 15.6. The summed E-state index contributed by atoms with van der Waals surface area (Å²) in [4.78, 5) is 24.8. The second-order valence-corrected chi connectivity index (χ2v) is 10.7. The number of anilines is 1. The van der Waals surface area contributed by atoms with Crippen LogP contribution in [0.1, 0.15) is 65.8 Å². The number of halogens is 4. The monoisotopic (exact) mass is 584 g/mol. The third-order valence-electron chi connectivity index (χ3n) is 6.51. The zero-order valence-electron chi connectivity index (χ0n) is 22.8. The summed E-state index contributed by atoms with van der Waals surface area (Å²) in [7, 11) is 0. The molecule has 42 heavy (non-hydrogen) atoms. The van der Waals surface area contributed by atoms with Gasteiger partial charge in [-0.25, -0.2) is 9.48 Å². The first-order chi connectivity index (χ1) is 19.7. The largest absolute Gasteiger partial charge is 0.465 e. The molecule has 12 heteroatoms. The molecular weight excluding hydrogens is 556 g/mol. The maximum absolute atomic E-state index is 15.6. The standard InChI is InChI=1S/C30H28F4N4O4/c1-29(2,3)26(35-28(41)42)20-12-8-14-22(16-20)38-23(17-24(36-38)30(31,32)33)27(40)37(34)21-13-7-11-19(15-21)25(39)18-9-5-4-6-10-18/h4-17,25-26,35,39H,1-3H3,(H,41,42). The molecule has 0 saturated carbocycles. The van der Waals surface area contributed by atoms with E-state index in [-0.39, 0.29) is 22.1 Å². The molecule has 0 aliphatic rings. The van der Waals surface area contributed by atoms with Gasteiger partial charge in [-0.1, -0.05) is 79.8 Å². The Hall–Kier alpha value is -4.71. The number of hydrogen-bond donors (Lipinski definition) is 3. The lowest BCUT2D eigenvalue weighted by atomic mass is 9.82. The van der Waals surface area contributed by atoms with Crippen molar-refractivity contribution in [1.82, 2.24) is 15.1 Å². The number of carbonyl (C=O) groups excluding carboxylic acids is 1. The van der Waals surface area contributed by atoms with Crippen LogP contribution in [-0.2, 0) is 6.18 Å². The molecule has 0 bridgehead atoms. The quantitative estimate of drug-likeness (QED) is 0.163. The van der Waals surface area contributed by atoms with Gasteiger partial charge in [-0.2, -0.15) is 18.3 Å². The van der Waals surface area contributed by atoms with Crippen molar-refractivity contribution < 1.29 is 37.5 Å². The molecule has 0 radical (unpaired) electrons. The zero-order chi connectivity index (χ0) is 30.8. The Labute approximate surface area is 238 Å². The Morgan fingerprint density at radius 2 is 1.50 bits per heavy atom. The van der Waals surface area contributed by atoms with Crippen molar-refractivity contribution in [1.29, 1.82) is 0 Å². The van der Waals surface area contributed by atoms with Gasteiger partial charge < -0.3 is 15.5 Å². The summed E-state index contributed by atoms with van der Waals surface area (Å²) in [5, 5.41) is 25.7. The van der Waals surface area contributed by atoms with Gasteiger partial charge >= 0.3 is 18.2 Å². The molecule has 0 saturated heterocycles. The SMILES string of the molecule is CC(C)(C)C(NC(=O)O)c1cccc(-n2nc(C(F)(F)F)cc2C(=O)N(F)c2cccc(C(O)c3ccccc3)c2)c1. The van der Waals surface area contributed by atoms with E-state index in [1.807, 2.05) is 0 Å². The fraction of sp³-hybridized carbons (Fsp3) is 0.233. The van der Waals surface area contributed by atoms with Crippen LogP contribution in [0.2, 0.25) is 0 Å². The summed E-state index contributed by atoms with van der Waals surface area (Å²) in [5.74, 6) is -1.44. The van der Waals surface area contributed by atoms with Gasteiger partial charge in [0.2, 0.25) is 0 Å². The summed E-state index contributed by atoms with van der Waals surface area (Å²) >= 11 is 0. The molecule has 0 fully saturated rings. The molecule has 0 spiro atoms. The van der Waals surface area contributed by atoms with Gasteiger partial charge in [-0.15, -0.1) is 5.12 Å². The highest BCUT2D eigenvalue weighted by atomic mass is 19.4. The van der Waals surface area contributed by atoms with Crippen LogP contribution >= 0.6 is 0 Å². The lowest BCUT2D eigenvalue weighted by molar-refractivity contribution is -0.141. The number of carbonyl (C=O) groups is 2. The van der Waals surface area contributed by atoms with Gasteiger partial charge in [-0.05, 0) is 46.4 Å². The van der Waals surface area contributed by atoms with E-state index in [4.69, 9.17) is 0 Å². The molecule has 4 rings (SSSR count). The topological polar surface area (TPSA) is 108 Å². The molecule has 2 unspecified atom stereocenters. The molecule has 8 nitrogen and oxygen atoms in total. The second-order valence-electron chi connectivity index (χ2n) is 10.7. The van der Waals surface area contributed by atoms with Crippen molar-refractivity contribution in [2.45, 2.75) is 39.1 Å². The molecule has 3 N–H and O–H groups in total. The summed E-state index contributed by atoms with van der Waals surface area (Å²) in [5.41, 5.74) is -1.96. The highest BCUT2D eigenvalue weighted by Crippen LogP contribution is 2.35. The van der Waals surface area contributed by atoms with Gasteiger partial charge in [0.15, 0.2) is 5.69 Å². The van der Waals surface area contributed by atoms with Crippen molar-refractivity contribution >= 4 is 17.7 Å². The number of aromatic nitrogens is 2. The fourth-order valence-electron chi connectivity index (χ4n) is 4.49. The Morgan fingerprint density at radius 3 is 2.12 bits per heavy atom. The second kappa shape index (κ2) is 11.6. The number of hydrogen-bond acceptors (Lipinski definition) is 4. The number of nitrogens with zero attached hydrogens (tertiary/aromatic N) is 3. The Morgan fingerprint density at radius 1 is 0.881 bits per heavy atom. The van der Waals surface area contributed by atoms with Crippen LogP contribution in [0.5, 0.6) is 0 Å². The van der Waals surface area contributed by atoms with Crippen molar-refractivity contribution in [2.75, 3.05) is 5.12 Å². The number of nitrogens with one attached hydrogen (secondary N) is 1. The molecule has 1 aromatic heterocycles. The van der Waals surface area contributed by atoms with E-state index >= 15 is 4.48 Å². The lowest BCUT2D eigenvalue weighted by Gasteiger charge is -2.31. The van der Waals surface area contributed by atoms with E-state index in [2.05, 4.69) is 10.4 Å². The Balaban J connectivity index is 1.75.